The predicted molar refractivity (Wildman–Crippen MR) is 73.5 cm³/mol. The van der Waals surface area contributed by atoms with Crippen LogP contribution in [-0.4, -0.2) is 30.9 Å². The fourth-order valence-corrected chi connectivity index (χ4v) is 1.45. The first-order valence-corrected chi connectivity index (χ1v) is 5.94. The van der Waals surface area contributed by atoms with Gasteiger partial charge in [0.05, 0.1) is 5.56 Å². The average molecular weight is 279 g/mol. The van der Waals surface area contributed by atoms with Gasteiger partial charge in [-0.15, -0.1) is 0 Å². The summed E-state index contributed by atoms with van der Waals surface area (Å²) in [5.41, 5.74) is 6.30. The van der Waals surface area contributed by atoms with Crippen LogP contribution in [0.15, 0.2) is 18.2 Å². The number of imide groups is 1. The van der Waals surface area contributed by atoms with Crippen molar-refractivity contribution >= 4 is 23.4 Å². The molecule has 0 radical (unpaired) electrons. The van der Waals surface area contributed by atoms with Gasteiger partial charge >= 0.3 is 6.03 Å². The van der Waals surface area contributed by atoms with Gasteiger partial charge in [0.1, 0.15) is 5.75 Å². The van der Waals surface area contributed by atoms with Crippen molar-refractivity contribution in [3.8, 4) is 5.75 Å². The molecule has 0 aromatic heterocycles. The summed E-state index contributed by atoms with van der Waals surface area (Å²) < 4.78 is 5.40. The second-order valence-electron chi connectivity index (χ2n) is 4.14. The van der Waals surface area contributed by atoms with E-state index in [-0.39, 0.29) is 17.1 Å². The highest BCUT2D eigenvalue weighted by atomic mass is 16.5. The van der Waals surface area contributed by atoms with Gasteiger partial charge in [-0.2, -0.15) is 0 Å². The van der Waals surface area contributed by atoms with E-state index in [9.17, 15) is 14.4 Å². The number of carbonyl (C=O) groups excluding carboxylic acids is 3. The summed E-state index contributed by atoms with van der Waals surface area (Å²) in [5, 5.41) is 4.34. The Morgan fingerprint density at radius 2 is 1.95 bits per heavy atom. The summed E-state index contributed by atoms with van der Waals surface area (Å²) >= 11 is 0. The Bertz CT molecular complexity index is 542. The third-order valence-electron chi connectivity index (χ3n) is 2.52. The smallest absolute Gasteiger partial charge is 0.321 e. The van der Waals surface area contributed by atoms with Gasteiger partial charge in [-0.1, -0.05) is 0 Å². The number of amides is 3. The summed E-state index contributed by atoms with van der Waals surface area (Å²) in [5.74, 6) is -0.604. The number of benzene rings is 1. The molecular weight excluding hydrogens is 262 g/mol. The Labute approximate surface area is 116 Å². The van der Waals surface area contributed by atoms with Crippen LogP contribution in [0.5, 0.6) is 5.75 Å². The second-order valence-corrected chi connectivity index (χ2v) is 4.14. The highest BCUT2D eigenvalue weighted by Crippen LogP contribution is 2.23. The SMILES string of the molecule is CNC(=O)NC(=O)C(C)Oc1ccc(N)cc1C(C)=O. The molecule has 0 spiro atoms. The fourth-order valence-electron chi connectivity index (χ4n) is 1.45. The van der Waals surface area contributed by atoms with Crippen molar-refractivity contribution in [1.82, 2.24) is 10.6 Å². The van der Waals surface area contributed by atoms with Gasteiger partial charge in [-0.25, -0.2) is 4.79 Å². The Morgan fingerprint density at radius 3 is 2.50 bits per heavy atom. The molecule has 0 saturated carbocycles. The molecule has 0 aliphatic heterocycles. The van der Waals surface area contributed by atoms with E-state index in [0.29, 0.717) is 5.69 Å². The molecule has 0 aliphatic carbocycles. The predicted octanol–water partition coefficient (Wildman–Crippen LogP) is 0.694. The molecule has 0 fully saturated rings. The molecule has 3 amide bonds. The minimum atomic E-state index is -0.936. The van der Waals surface area contributed by atoms with Gasteiger partial charge in [0, 0.05) is 12.7 Å². The van der Waals surface area contributed by atoms with Crippen molar-refractivity contribution in [2.45, 2.75) is 20.0 Å². The molecular formula is C13H17N3O4. The lowest BCUT2D eigenvalue weighted by atomic mass is 10.1. The minimum absolute atomic E-state index is 0.230. The van der Waals surface area contributed by atoms with Gasteiger partial charge in [-0.05, 0) is 32.0 Å². The topological polar surface area (TPSA) is 111 Å². The van der Waals surface area contributed by atoms with Crippen LogP contribution in [0, 0.1) is 0 Å². The average Bonchev–Trinajstić information content (AvgIpc) is 2.40. The van der Waals surface area contributed by atoms with Gasteiger partial charge in [-0.3, -0.25) is 14.9 Å². The third-order valence-corrected chi connectivity index (χ3v) is 2.52. The molecule has 1 atom stereocenters. The zero-order valence-corrected chi connectivity index (χ0v) is 11.5. The monoisotopic (exact) mass is 279 g/mol. The van der Waals surface area contributed by atoms with Crippen molar-refractivity contribution in [1.29, 1.82) is 0 Å². The summed E-state index contributed by atoms with van der Waals surface area (Å²) in [6.45, 7) is 2.84. The molecule has 0 heterocycles. The second kappa shape index (κ2) is 6.55. The molecule has 4 N–H and O–H groups in total. The minimum Gasteiger partial charge on any atom is -0.480 e. The molecule has 1 aromatic rings. The number of nitrogens with one attached hydrogen (secondary N) is 2. The molecule has 7 heteroatoms. The van der Waals surface area contributed by atoms with Crippen molar-refractivity contribution in [2.75, 3.05) is 12.8 Å². The fraction of sp³-hybridized carbons (Fsp3) is 0.308. The Hall–Kier alpha value is -2.57. The van der Waals surface area contributed by atoms with Crippen molar-refractivity contribution in [3.63, 3.8) is 0 Å². The molecule has 20 heavy (non-hydrogen) atoms. The van der Waals surface area contributed by atoms with Crippen LogP contribution >= 0.6 is 0 Å². The van der Waals surface area contributed by atoms with Crippen molar-refractivity contribution < 1.29 is 19.1 Å². The Kier molecular flexibility index (Phi) is 5.08. The van der Waals surface area contributed by atoms with E-state index in [4.69, 9.17) is 10.5 Å². The highest BCUT2D eigenvalue weighted by Gasteiger charge is 2.19. The van der Waals surface area contributed by atoms with E-state index in [1.54, 1.807) is 6.07 Å². The first kappa shape index (κ1) is 15.5. The van der Waals surface area contributed by atoms with Crippen LogP contribution < -0.4 is 21.1 Å². The van der Waals surface area contributed by atoms with E-state index in [1.807, 2.05) is 0 Å². The van der Waals surface area contributed by atoms with E-state index < -0.39 is 18.0 Å². The first-order valence-electron chi connectivity index (χ1n) is 5.94. The van der Waals surface area contributed by atoms with E-state index in [0.717, 1.165) is 0 Å². The van der Waals surface area contributed by atoms with E-state index in [2.05, 4.69) is 10.6 Å². The maximum Gasteiger partial charge on any atom is 0.321 e. The van der Waals surface area contributed by atoms with E-state index in [1.165, 1.54) is 33.0 Å². The van der Waals surface area contributed by atoms with Crippen molar-refractivity contribution in [2.24, 2.45) is 0 Å². The van der Waals surface area contributed by atoms with Gasteiger partial charge in [0.25, 0.3) is 5.91 Å². The van der Waals surface area contributed by atoms with Crippen LogP contribution in [0.1, 0.15) is 24.2 Å². The van der Waals surface area contributed by atoms with Crippen molar-refractivity contribution in [3.05, 3.63) is 23.8 Å². The molecule has 0 saturated heterocycles. The zero-order valence-electron chi connectivity index (χ0n) is 11.5. The number of nitrogen functional groups attached to an aromatic ring is 1. The molecule has 0 aliphatic rings. The molecule has 0 bridgehead atoms. The number of ether oxygens (including phenoxy) is 1. The lowest BCUT2D eigenvalue weighted by Crippen LogP contribution is -2.44. The lowest BCUT2D eigenvalue weighted by Gasteiger charge is -2.16. The Balaban J connectivity index is 2.85. The van der Waals surface area contributed by atoms with Gasteiger partial charge < -0.3 is 15.8 Å². The number of hydrogen-bond donors (Lipinski definition) is 3. The lowest BCUT2D eigenvalue weighted by molar-refractivity contribution is -0.126. The molecule has 1 rings (SSSR count). The van der Waals surface area contributed by atoms with Gasteiger partial charge in [0.2, 0.25) is 0 Å². The van der Waals surface area contributed by atoms with Crippen LogP contribution in [0.25, 0.3) is 0 Å². The standard InChI is InChI=1S/C13H17N3O4/c1-7(17)10-6-9(14)4-5-11(10)20-8(2)12(18)16-13(19)15-3/h4-6,8H,14H2,1-3H3,(H2,15,16,18,19). The van der Waals surface area contributed by atoms with Gasteiger partial charge in [0.15, 0.2) is 11.9 Å². The number of hydrogen-bond acceptors (Lipinski definition) is 5. The highest BCUT2D eigenvalue weighted by molar-refractivity contribution is 5.98. The summed E-state index contributed by atoms with van der Waals surface area (Å²) in [6, 6.07) is 3.91. The molecule has 108 valence electrons. The molecule has 7 nitrogen and oxygen atoms in total. The normalized spacial score (nSPS) is 11.3. The maximum absolute atomic E-state index is 11.7. The van der Waals surface area contributed by atoms with Crippen LogP contribution in [0.4, 0.5) is 10.5 Å². The summed E-state index contributed by atoms with van der Waals surface area (Å²) in [6.07, 6.45) is -0.936. The largest absolute Gasteiger partial charge is 0.480 e. The van der Waals surface area contributed by atoms with Crippen LogP contribution in [-0.2, 0) is 4.79 Å². The number of ketones is 1. The number of anilines is 1. The number of rotatable bonds is 4. The van der Waals surface area contributed by atoms with Crippen LogP contribution in [0.3, 0.4) is 0 Å². The molecule has 1 unspecified atom stereocenters. The number of urea groups is 1. The number of nitrogens with two attached hydrogens (primary N) is 1. The van der Waals surface area contributed by atoms with Crippen LogP contribution in [0.2, 0.25) is 0 Å². The quantitative estimate of drug-likeness (QED) is 0.555. The zero-order chi connectivity index (χ0) is 15.3. The summed E-state index contributed by atoms with van der Waals surface area (Å²) in [7, 11) is 1.39. The Morgan fingerprint density at radius 1 is 1.30 bits per heavy atom. The van der Waals surface area contributed by atoms with E-state index >= 15 is 0 Å². The third kappa shape index (κ3) is 3.98. The number of Topliss-reactive ketones (excluding diaryl/α,β-unsaturated/α-hetero) is 1. The number of carbonyl (C=O) groups is 3. The maximum atomic E-state index is 11.7. The first-order chi connectivity index (χ1) is 9.35. The summed E-state index contributed by atoms with van der Waals surface area (Å²) in [4.78, 5) is 34.2. The molecule has 1 aromatic carbocycles.